The maximum absolute atomic E-state index is 11.6. The van der Waals surface area contributed by atoms with Crippen LogP contribution in [0.2, 0.25) is 0 Å². The standard InChI is InChI=1S/C13H24O/c1-11(2)6-5-9-13(14)10-12-7-3-4-8-12/h11-12H,3-10H2,1-2H3. The molecule has 1 aliphatic carbocycles. The fourth-order valence-corrected chi connectivity index (χ4v) is 2.35. The molecule has 0 radical (unpaired) electrons. The zero-order valence-electron chi connectivity index (χ0n) is 9.72. The van der Waals surface area contributed by atoms with Crippen LogP contribution in [0.1, 0.15) is 65.2 Å². The Bertz CT molecular complexity index is 166. The molecule has 0 heterocycles. The van der Waals surface area contributed by atoms with E-state index in [0.29, 0.717) is 5.78 Å². The van der Waals surface area contributed by atoms with E-state index in [0.717, 1.165) is 31.1 Å². The van der Waals surface area contributed by atoms with Crippen LogP contribution in [0.4, 0.5) is 0 Å². The first-order chi connectivity index (χ1) is 6.68. The quantitative estimate of drug-likeness (QED) is 0.628. The predicted molar refractivity (Wildman–Crippen MR) is 60.3 cm³/mol. The van der Waals surface area contributed by atoms with Gasteiger partial charge in [-0.05, 0) is 18.3 Å². The molecule has 0 N–H and O–H groups in total. The Morgan fingerprint density at radius 3 is 2.50 bits per heavy atom. The van der Waals surface area contributed by atoms with Crippen molar-refractivity contribution in [3.05, 3.63) is 0 Å². The lowest BCUT2D eigenvalue weighted by atomic mass is 9.97. The number of carbonyl (C=O) groups is 1. The molecule has 1 rings (SSSR count). The summed E-state index contributed by atoms with van der Waals surface area (Å²) in [4.78, 5) is 11.6. The highest BCUT2D eigenvalue weighted by Gasteiger charge is 2.17. The fraction of sp³-hybridized carbons (Fsp3) is 0.923. The van der Waals surface area contributed by atoms with E-state index < -0.39 is 0 Å². The molecule has 0 atom stereocenters. The molecule has 0 aliphatic heterocycles. The van der Waals surface area contributed by atoms with Crippen molar-refractivity contribution in [3.63, 3.8) is 0 Å². The number of ketones is 1. The fourth-order valence-electron chi connectivity index (χ4n) is 2.35. The van der Waals surface area contributed by atoms with Crippen LogP contribution in [0.3, 0.4) is 0 Å². The zero-order valence-corrected chi connectivity index (χ0v) is 9.72. The topological polar surface area (TPSA) is 17.1 Å². The molecule has 1 saturated carbocycles. The Morgan fingerprint density at radius 2 is 1.93 bits per heavy atom. The van der Waals surface area contributed by atoms with Crippen LogP contribution in [-0.2, 0) is 4.79 Å². The number of rotatable bonds is 6. The van der Waals surface area contributed by atoms with E-state index in [1.165, 1.54) is 32.1 Å². The van der Waals surface area contributed by atoms with Gasteiger partial charge in [0.15, 0.2) is 0 Å². The lowest BCUT2D eigenvalue weighted by Gasteiger charge is -2.08. The predicted octanol–water partition coefficient (Wildman–Crippen LogP) is 3.96. The second kappa shape index (κ2) is 6.21. The van der Waals surface area contributed by atoms with Crippen molar-refractivity contribution in [1.29, 1.82) is 0 Å². The molecular formula is C13H24O. The van der Waals surface area contributed by atoms with Crippen LogP contribution in [0.5, 0.6) is 0 Å². The van der Waals surface area contributed by atoms with Crippen LogP contribution < -0.4 is 0 Å². The molecule has 0 unspecified atom stereocenters. The number of carbonyl (C=O) groups excluding carboxylic acids is 1. The van der Waals surface area contributed by atoms with E-state index in [1.807, 2.05) is 0 Å². The van der Waals surface area contributed by atoms with E-state index in [2.05, 4.69) is 13.8 Å². The minimum absolute atomic E-state index is 0.512. The number of hydrogen-bond donors (Lipinski definition) is 0. The maximum atomic E-state index is 11.6. The first-order valence-electron chi connectivity index (χ1n) is 6.20. The van der Waals surface area contributed by atoms with Gasteiger partial charge in [0.05, 0.1) is 0 Å². The molecule has 0 aromatic carbocycles. The highest BCUT2D eigenvalue weighted by molar-refractivity contribution is 5.78. The summed E-state index contributed by atoms with van der Waals surface area (Å²) >= 11 is 0. The van der Waals surface area contributed by atoms with Gasteiger partial charge in [0.2, 0.25) is 0 Å². The third-order valence-electron chi connectivity index (χ3n) is 3.23. The second-order valence-electron chi connectivity index (χ2n) is 5.18. The van der Waals surface area contributed by atoms with Crippen molar-refractivity contribution in [2.45, 2.75) is 65.2 Å². The van der Waals surface area contributed by atoms with Gasteiger partial charge in [0, 0.05) is 12.8 Å². The molecule has 0 bridgehead atoms. The van der Waals surface area contributed by atoms with E-state index >= 15 is 0 Å². The summed E-state index contributed by atoms with van der Waals surface area (Å²) in [5, 5.41) is 0. The van der Waals surface area contributed by atoms with Gasteiger partial charge in [-0.15, -0.1) is 0 Å². The van der Waals surface area contributed by atoms with E-state index in [-0.39, 0.29) is 0 Å². The second-order valence-corrected chi connectivity index (χ2v) is 5.18. The molecule has 0 amide bonds. The highest BCUT2D eigenvalue weighted by atomic mass is 16.1. The van der Waals surface area contributed by atoms with Crippen LogP contribution in [-0.4, -0.2) is 5.78 Å². The van der Waals surface area contributed by atoms with Gasteiger partial charge in [0.25, 0.3) is 0 Å². The van der Waals surface area contributed by atoms with Gasteiger partial charge in [-0.2, -0.15) is 0 Å². The lowest BCUT2D eigenvalue weighted by molar-refractivity contribution is -0.120. The largest absolute Gasteiger partial charge is 0.300 e. The van der Waals surface area contributed by atoms with E-state index in [9.17, 15) is 4.79 Å². The summed E-state index contributed by atoms with van der Waals surface area (Å²) in [6, 6.07) is 0. The van der Waals surface area contributed by atoms with Gasteiger partial charge < -0.3 is 0 Å². The molecular weight excluding hydrogens is 172 g/mol. The van der Waals surface area contributed by atoms with Crippen molar-refractivity contribution in [2.24, 2.45) is 11.8 Å². The minimum atomic E-state index is 0.512. The minimum Gasteiger partial charge on any atom is -0.300 e. The lowest BCUT2D eigenvalue weighted by Crippen LogP contribution is -2.05. The van der Waals surface area contributed by atoms with E-state index in [1.54, 1.807) is 0 Å². The molecule has 0 saturated heterocycles. The number of hydrogen-bond acceptors (Lipinski definition) is 1. The van der Waals surface area contributed by atoms with Crippen molar-refractivity contribution >= 4 is 5.78 Å². The van der Waals surface area contributed by atoms with Gasteiger partial charge in [-0.25, -0.2) is 0 Å². The molecule has 1 fully saturated rings. The van der Waals surface area contributed by atoms with Crippen LogP contribution in [0.25, 0.3) is 0 Å². The summed E-state index contributed by atoms with van der Waals surface area (Å²) in [6.45, 7) is 4.45. The monoisotopic (exact) mass is 196 g/mol. The third kappa shape index (κ3) is 4.78. The van der Waals surface area contributed by atoms with Gasteiger partial charge in [-0.1, -0.05) is 46.0 Å². The Balaban J connectivity index is 2.03. The average Bonchev–Trinajstić information content (AvgIpc) is 2.56. The Morgan fingerprint density at radius 1 is 1.29 bits per heavy atom. The molecule has 82 valence electrons. The molecule has 0 aromatic rings. The van der Waals surface area contributed by atoms with E-state index in [4.69, 9.17) is 0 Å². The van der Waals surface area contributed by atoms with Crippen molar-refractivity contribution in [1.82, 2.24) is 0 Å². The summed E-state index contributed by atoms with van der Waals surface area (Å²) in [6.07, 6.45) is 9.31. The van der Waals surface area contributed by atoms with Crippen molar-refractivity contribution in [3.8, 4) is 0 Å². The SMILES string of the molecule is CC(C)CCCC(=O)CC1CCCC1. The average molecular weight is 196 g/mol. The van der Waals surface area contributed by atoms with Gasteiger partial charge >= 0.3 is 0 Å². The first-order valence-corrected chi connectivity index (χ1v) is 6.20. The smallest absolute Gasteiger partial charge is 0.133 e. The third-order valence-corrected chi connectivity index (χ3v) is 3.23. The maximum Gasteiger partial charge on any atom is 0.133 e. The van der Waals surface area contributed by atoms with Gasteiger partial charge in [-0.3, -0.25) is 4.79 Å². The molecule has 1 nitrogen and oxygen atoms in total. The first kappa shape index (κ1) is 11.7. The summed E-state index contributed by atoms with van der Waals surface area (Å²) in [7, 11) is 0. The van der Waals surface area contributed by atoms with Crippen LogP contribution in [0, 0.1) is 11.8 Å². The van der Waals surface area contributed by atoms with Gasteiger partial charge in [0.1, 0.15) is 5.78 Å². The highest BCUT2D eigenvalue weighted by Crippen LogP contribution is 2.28. The molecule has 1 aliphatic rings. The molecule has 1 heteroatoms. The summed E-state index contributed by atoms with van der Waals surface area (Å²) < 4.78 is 0. The Hall–Kier alpha value is -0.330. The molecule has 0 aromatic heterocycles. The molecule has 0 spiro atoms. The molecule has 14 heavy (non-hydrogen) atoms. The van der Waals surface area contributed by atoms with Crippen molar-refractivity contribution in [2.75, 3.05) is 0 Å². The summed E-state index contributed by atoms with van der Waals surface area (Å²) in [5.74, 6) is 1.99. The Kier molecular flexibility index (Phi) is 5.21. The number of Topliss-reactive ketones (excluding diaryl/α,β-unsaturated/α-hetero) is 1. The Labute approximate surface area is 88.3 Å². The summed E-state index contributed by atoms with van der Waals surface area (Å²) in [5.41, 5.74) is 0. The normalized spacial score (nSPS) is 17.9. The zero-order chi connectivity index (χ0) is 10.4. The van der Waals surface area contributed by atoms with Crippen LogP contribution >= 0.6 is 0 Å². The van der Waals surface area contributed by atoms with Crippen LogP contribution in [0.15, 0.2) is 0 Å². The van der Waals surface area contributed by atoms with Crippen molar-refractivity contribution < 1.29 is 4.79 Å².